The summed E-state index contributed by atoms with van der Waals surface area (Å²) in [5, 5.41) is 19.6. The summed E-state index contributed by atoms with van der Waals surface area (Å²) in [4.78, 5) is 11.0. The van der Waals surface area contributed by atoms with Crippen LogP contribution in [-0.4, -0.2) is 29.4 Å². The van der Waals surface area contributed by atoms with E-state index in [2.05, 4.69) is 6.92 Å². The molecule has 35 heavy (non-hydrogen) atoms. The van der Waals surface area contributed by atoms with Crippen LogP contribution < -0.4 is 9.47 Å². The summed E-state index contributed by atoms with van der Waals surface area (Å²) in [5.41, 5.74) is 4.44. The van der Waals surface area contributed by atoms with E-state index in [1.165, 1.54) is 12.1 Å². The van der Waals surface area contributed by atoms with Crippen molar-refractivity contribution in [1.29, 1.82) is 0 Å². The van der Waals surface area contributed by atoms with Crippen molar-refractivity contribution >= 4 is 5.97 Å². The van der Waals surface area contributed by atoms with Crippen molar-refractivity contribution in [2.45, 2.75) is 52.4 Å². The Bertz CT molecular complexity index is 1120. The molecule has 0 radical (unpaired) electrons. The summed E-state index contributed by atoms with van der Waals surface area (Å²) < 4.78 is 25.2. The van der Waals surface area contributed by atoms with E-state index in [9.17, 15) is 14.3 Å². The molecule has 0 fully saturated rings. The number of benzene rings is 3. The summed E-state index contributed by atoms with van der Waals surface area (Å²) in [6, 6.07) is 15.3. The average Bonchev–Trinajstić information content (AvgIpc) is 2.84. The summed E-state index contributed by atoms with van der Waals surface area (Å²) in [6.07, 6.45) is 3.74. The van der Waals surface area contributed by atoms with Gasteiger partial charge in [0.05, 0.1) is 13.2 Å². The highest BCUT2D eigenvalue weighted by molar-refractivity contribution is 5.72. The lowest BCUT2D eigenvalue weighted by Gasteiger charge is -2.16. The van der Waals surface area contributed by atoms with E-state index in [1.54, 1.807) is 18.2 Å². The van der Waals surface area contributed by atoms with Gasteiger partial charge in [-0.05, 0) is 65.8 Å². The van der Waals surface area contributed by atoms with Gasteiger partial charge in [0.2, 0.25) is 0 Å². The number of rotatable bonds is 13. The zero-order chi connectivity index (χ0) is 25.2. The Kier molecular flexibility index (Phi) is 9.53. The predicted octanol–water partition coefficient (Wildman–Crippen LogP) is 6.58. The summed E-state index contributed by atoms with van der Waals surface area (Å²) in [6.45, 7) is 4.99. The van der Waals surface area contributed by atoms with Crippen molar-refractivity contribution in [2.24, 2.45) is 0 Å². The van der Waals surface area contributed by atoms with Gasteiger partial charge in [0.1, 0.15) is 23.1 Å². The molecule has 0 aromatic heterocycles. The maximum absolute atomic E-state index is 13.3. The molecule has 2 N–H and O–H groups in total. The molecule has 3 aromatic carbocycles. The molecule has 3 aromatic rings. The number of ether oxygens (including phenoxy) is 2. The largest absolute Gasteiger partial charge is 0.507 e. The lowest BCUT2D eigenvalue weighted by atomic mass is 9.98. The Morgan fingerprint density at radius 2 is 1.63 bits per heavy atom. The smallest absolute Gasteiger partial charge is 0.303 e. The fraction of sp³-hybridized carbons (Fsp3) is 0.345. The van der Waals surface area contributed by atoms with Gasteiger partial charge in [0.25, 0.3) is 0 Å². The Labute approximate surface area is 206 Å². The molecule has 0 saturated carbocycles. The molecule has 0 saturated heterocycles. The minimum absolute atomic E-state index is 0.0856. The van der Waals surface area contributed by atoms with Crippen molar-refractivity contribution in [1.82, 2.24) is 0 Å². The number of aromatic hydroxyl groups is 1. The second-order valence-electron chi connectivity index (χ2n) is 8.43. The first-order valence-corrected chi connectivity index (χ1v) is 12.1. The van der Waals surface area contributed by atoms with Gasteiger partial charge in [0, 0.05) is 24.5 Å². The monoisotopic (exact) mass is 480 g/mol. The second kappa shape index (κ2) is 12.8. The number of phenolic OH excluding ortho intramolecular Hbond substituents is 1. The Morgan fingerprint density at radius 3 is 2.29 bits per heavy atom. The number of aryl methyl sites for hydroxylation is 2. The van der Waals surface area contributed by atoms with Gasteiger partial charge in [-0.1, -0.05) is 44.5 Å². The minimum atomic E-state index is -0.806. The zero-order valence-corrected chi connectivity index (χ0v) is 20.4. The summed E-state index contributed by atoms with van der Waals surface area (Å²) in [7, 11) is 0. The zero-order valence-electron chi connectivity index (χ0n) is 20.4. The van der Waals surface area contributed by atoms with Gasteiger partial charge in [-0.2, -0.15) is 0 Å². The number of carboxylic acids is 1. The highest BCUT2D eigenvalue weighted by Gasteiger charge is 2.13. The fourth-order valence-corrected chi connectivity index (χ4v) is 4.06. The standard InChI is InChI=1S/C29H33FO5/c1-3-7-24-21(12-15-29(32)33)8-5-9-27(24)34-16-6-17-35-28-19-26(31)25(18-20(28)4-2)22-10-13-23(30)14-11-22/h5,8-11,13-14,18-19,31H,3-4,6-7,12,15-17H2,1-2H3,(H,32,33). The van der Waals surface area contributed by atoms with E-state index in [0.717, 1.165) is 47.3 Å². The molecule has 0 unspecified atom stereocenters. The third-order valence-electron chi connectivity index (χ3n) is 5.86. The first-order valence-electron chi connectivity index (χ1n) is 12.1. The maximum atomic E-state index is 13.3. The topological polar surface area (TPSA) is 76.0 Å². The number of hydrogen-bond acceptors (Lipinski definition) is 4. The van der Waals surface area contributed by atoms with Crippen molar-refractivity contribution in [2.75, 3.05) is 13.2 Å². The molecule has 3 rings (SSSR count). The van der Waals surface area contributed by atoms with Crippen LogP contribution in [0.5, 0.6) is 17.2 Å². The number of phenols is 1. The van der Waals surface area contributed by atoms with E-state index in [4.69, 9.17) is 14.6 Å². The number of halogens is 1. The molecule has 0 spiro atoms. The van der Waals surface area contributed by atoms with E-state index >= 15 is 0 Å². The van der Waals surface area contributed by atoms with E-state index < -0.39 is 5.97 Å². The predicted molar refractivity (Wildman–Crippen MR) is 135 cm³/mol. The first-order chi connectivity index (χ1) is 16.9. The molecule has 0 aliphatic carbocycles. The Hall–Kier alpha value is -3.54. The molecule has 0 aliphatic heterocycles. The SMILES string of the molecule is CCCc1c(CCC(=O)O)cccc1OCCCOc1cc(O)c(-c2ccc(F)cc2)cc1CC. The van der Waals surface area contributed by atoms with E-state index in [-0.39, 0.29) is 18.0 Å². The Morgan fingerprint density at radius 1 is 0.914 bits per heavy atom. The minimum Gasteiger partial charge on any atom is -0.507 e. The molecule has 0 aliphatic rings. The molecule has 0 bridgehead atoms. The normalized spacial score (nSPS) is 10.8. The number of hydrogen-bond donors (Lipinski definition) is 2. The average molecular weight is 481 g/mol. The van der Waals surface area contributed by atoms with Gasteiger partial charge in [-0.15, -0.1) is 0 Å². The van der Waals surface area contributed by atoms with Crippen LogP contribution in [0.25, 0.3) is 11.1 Å². The second-order valence-corrected chi connectivity index (χ2v) is 8.43. The molecular weight excluding hydrogens is 447 g/mol. The van der Waals surface area contributed by atoms with Crippen LogP contribution in [0, 0.1) is 5.82 Å². The number of aliphatic carboxylic acids is 1. The number of carboxylic acid groups (broad SMARTS) is 1. The molecular formula is C29H33FO5. The van der Waals surface area contributed by atoms with Crippen LogP contribution in [0.2, 0.25) is 0 Å². The van der Waals surface area contributed by atoms with Gasteiger partial charge in [0.15, 0.2) is 0 Å². The van der Waals surface area contributed by atoms with Crippen molar-refractivity contribution in [3.05, 3.63) is 77.1 Å². The molecule has 0 amide bonds. The third kappa shape index (κ3) is 7.22. The summed E-state index contributed by atoms with van der Waals surface area (Å²) >= 11 is 0. The van der Waals surface area contributed by atoms with Crippen LogP contribution in [0.3, 0.4) is 0 Å². The van der Waals surface area contributed by atoms with Crippen LogP contribution in [-0.2, 0) is 24.1 Å². The number of carbonyl (C=O) groups is 1. The van der Waals surface area contributed by atoms with Crippen molar-refractivity contribution < 1.29 is 28.9 Å². The van der Waals surface area contributed by atoms with Crippen LogP contribution >= 0.6 is 0 Å². The quantitative estimate of drug-likeness (QED) is 0.270. The Balaban J connectivity index is 1.60. The van der Waals surface area contributed by atoms with Gasteiger partial charge < -0.3 is 19.7 Å². The van der Waals surface area contributed by atoms with Gasteiger partial charge >= 0.3 is 5.97 Å². The fourth-order valence-electron chi connectivity index (χ4n) is 4.06. The third-order valence-corrected chi connectivity index (χ3v) is 5.86. The summed E-state index contributed by atoms with van der Waals surface area (Å²) in [5.74, 6) is 0.380. The molecule has 186 valence electrons. The lowest BCUT2D eigenvalue weighted by molar-refractivity contribution is -0.136. The highest BCUT2D eigenvalue weighted by atomic mass is 19.1. The molecule has 0 atom stereocenters. The lowest BCUT2D eigenvalue weighted by Crippen LogP contribution is -2.08. The van der Waals surface area contributed by atoms with Crippen LogP contribution in [0.15, 0.2) is 54.6 Å². The van der Waals surface area contributed by atoms with E-state index in [1.807, 2.05) is 31.2 Å². The first kappa shape index (κ1) is 26.1. The maximum Gasteiger partial charge on any atom is 0.303 e. The van der Waals surface area contributed by atoms with Gasteiger partial charge in [-0.3, -0.25) is 4.79 Å². The molecule has 6 heteroatoms. The van der Waals surface area contributed by atoms with Crippen molar-refractivity contribution in [3.8, 4) is 28.4 Å². The van der Waals surface area contributed by atoms with Crippen LogP contribution in [0.4, 0.5) is 4.39 Å². The van der Waals surface area contributed by atoms with Crippen LogP contribution in [0.1, 0.15) is 49.8 Å². The van der Waals surface area contributed by atoms with Crippen molar-refractivity contribution in [3.63, 3.8) is 0 Å². The van der Waals surface area contributed by atoms with E-state index in [0.29, 0.717) is 37.4 Å². The molecule has 5 nitrogen and oxygen atoms in total. The molecule has 0 heterocycles. The highest BCUT2D eigenvalue weighted by Crippen LogP contribution is 2.36. The van der Waals surface area contributed by atoms with Gasteiger partial charge in [-0.25, -0.2) is 4.39 Å².